The zero-order valence-corrected chi connectivity index (χ0v) is 30.6. The fourth-order valence-electron chi connectivity index (χ4n) is 6.31. The number of rotatable bonds is 16. The summed E-state index contributed by atoms with van der Waals surface area (Å²) in [5.74, 6) is 0.712. The third kappa shape index (κ3) is 11.3. The molecule has 0 saturated carbocycles. The van der Waals surface area contributed by atoms with Gasteiger partial charge in [-0.05, 0) is 77.1 Å². The van der Waals surface area contributed by atoms with E-state index in [9.17, 15) is 14.7 Å². The van der Waals surface area contributed by atoms with E-state index in [0.717, 1.165) is 52.0 Å². The summed E-state index contributed by atoms with van der Waals surface area (Å²) in [4.78, 5) is 26.1. The zero-order valence-electron chi connectivity index (χ0n) is 29.8. The number of aliphatic hydroxyl groups excluding tert-OH is 1. The Morgan fingerprint density at radius 1 is 0.717 bits per heavy atom. The fourth-order valence-corrected chi connectivity index (χ4v) is 7.26. The number of nitrogens with two attached hydrogens (primary N) is 1. The van der Waals surface area contributed by atoms with Gasteiger partial charge >= 0.3 is 0 Å². The Morgan fingerprint density at radius 2 is 1.43 bits per heavy atom. The average Bonchev–Trinajstić information content (AvgIpc) is 3.20. The first kappa shape index (κ1) is 37.8. The number of hydrogen-bond donors (Lipinski definition) is 4. The van der Waals surface area contributed by atoms with Gasteiger partial charge in [0.25, 0.3) is 0 Å². The van der Waals surface area contributed by atoms with E-state index in [2.05, 4.69) is 47.0 Å². The molecule has 0 aromatic heterocycles. The highest BCUT2D eigenvalue weighted by molar-refractivity contribution is 7.99. The van der Waals surface area contributed by atoms with Gasteiger partial charge in [0, 0.05) is 42.0 Å². The molecule has 274 valence electrons. The number of ether oxygens (including phenoxy) is 2. The van der Waals surface area contributed by atoms with Crippen molar-refractivity contribution in [2.24, 2.45) is 0 Å². The summed E-state index contributed by atoms with van der Waals surface area (Å²) in [6.45, 7) is 0.434. The van der Waals surface area contributed by atoms with Crippen molar-refractivity contribution >= 4 is 35.0 Å². The van der Waals surface area contributed by atoms with Gasteiger partial charge in [0.05, 0.1) is 30.2 Å². The summed E-state index contributed by atoms with van der Waals surface area (Å²) >= 11 is 1.78. The molecule has 0 aliphatic carbocycles. The lowest BCUT2D eigenvalue weighted by Crippen LogP contribution is -2.31. The average molecular weight is 730 g/mol. The molecule has 8 nitrogen and oxygen atoms in total. The van der Waals surface area contributed by atoms with Crippen LogP contribution in [0.5, 0.6) is 0 Å². The highest BCUT2D eigenvalue weighted by Crippen LogP contribution is 2.40. The quantitative estimate of drug-likeness (QED) is 0.0454. The van der Waals surface area contributed by atoms with Crippen LogP contribution in [0.3, 0.4) is 0 Å². The molecule has 5 N–H and O–H groups in total. The Hall–Kier alpha value is -4.93. The Labute approximate surface area is 316 Å². The number of unbranched alkanes of at least 4 members (excludes halogenated alkanes) is 2. The number of para-hydroxylation sites is 2. The predicted octanol–water partition coefficient (Wildman–Crippen LogP) is 8.97. The molecule has 0 radical (unpaired) electrons. The summed E-state index contributed by atoms with van der Waals surface area (Å²) in [6.07, 6.45) is 2.99. The van der Waals surface area contributed by atoms with E-state index in [1.165, 1.54) is 4.90 Å². The summed E-state index contributed by atoms with van der Waals surface area (Å²) in [6, 6.07) is 42.0. The molecule has 1 saturated heterocycles. The smallest absolute Gasteiger partial charge is 0.224 e. The van der Waals surface area contributed by atoms with Crippen molar-refractivity contribution in [2.45, 2.75) is 75.1 Å². The molecule has 2 amide bonds. The molecule has 1 aliphatic rings. The van der Waals surface area contributed by atoms with Gasteiger partial charge in [-0.25, -0.2) is 0 Å². The molecule has 5 aromatic rings. The molecule has 53 heavy (non-hydrogen) atoms. The van der Waals surface area contributed by atoms with E-state index in [0.29, 0.717) is 43.6 Å². The van der Waals surface area contributed by atoms with E-state index in [4.69, 9.17) is 15.2 Å². The number of amides is 2. The lowest BCUT2D eigenvalue weighted by molar-refractivity contribution is -0.245. The van der Waals surface area contributed by atoms with E-state index < -0.39 is 6.29 Å². The van der Waals surface area contributed by atoms with Crippen molar-refractivity contribution in [3.05, 3.63) is 150 Å². The minimum atomic E-state index is -0.549. The molecule has 1 fully saturated rings. The van der Waals surface area contributed by atoms with Crippen molar-refractivity contribution in [3.63, 3.8) is 0 Å². The molecule has 1 heterocycles. The van der Waals surface area contributed by atoms with Crippen LogP contribution in [0.1, 0.15) is 73.2 Å². The van der Waals surface area contributed by atoms with Crippen LogP contribution in [0.25, 0.3) is 11.1 Å². The first-order chi connectivity index (χ1) is 25.9. The number of aliphatic hydroxyl groups is 1. The number of benzene rings is 5. The van der Waals surface area contributed by atoms with E-state index in [-0.39, 0.29) is 30.6 Å². The number of anilines is 2. The predicted molar refractivity (Wildman–Crippen MR) is 212 cm³/mol. The Kier molecular flexibility index (Phi) is 13.7. The molecule has 3 atom stereocenters. The second kappa shape index (κ2) is 19.2. The first-order valence-corrected chi connectivity index (χ1v) is 19.2. The second-order valence-electron chi connectivity index (χ2n) is 13.3. The van der Waals surface area contributed by atoms with Crippen LogP contribution in [0.2, 0.25) is 0 Å². The monoisotopic (exact) mass is 729 g/mol. The third-order valence-electron chi connectivity index (χ3n) is 9.25. The molecular formula is C44H47N3O5S. The molecule has 0 spiro atoms. The SMILES string of the molecule is Nc1ccccc1NC(=O)CCCCCC(=O)NCc1cccc(-c2cccc(C3OC(CSc4ccccc4)CC(c4ccc(CO)cc4)O3)c2)c1. The standard InChI is InChI=1S/C44H47N3O5S/c45-39-17-7-8-18-40(39)47-43(50)20-6-2-5-19-42(49)46-28-32-11-9-12-34(25-32)35-13-10-14-36(26-35)44-51-37(30-53-38-15-3-1-4-16-38)27-41(52-44)33-23-21-31(29-48)22-24-33/h1,3-4,7-18,21-26,37,41,44,48H,2,5-6,19-20,27-30,45H2,(H,46,49)(H,47,50). The molecule has 1 aliphatic heterocycles. The highest BCUT2D eigenvalue weighted by Gasteiger charge is 2.32. The number of carbonyl (C=O) groups is 2. The van der Waals surface area contributed by atoms with Gasteiger partial charge in [-0.15, -0.1) is 11.8 Å². The van der Waals surface area contributed by atoms with Crippen molar-refractivity contribution in [3.8, 4) is 11.1 Å². The van der Waals surface area contributed by atoms with Gasteiger partial charge in [-0.2, -0.15) is 0 Å². The molecule has 6 rings (SSSR count). The minimum absolute atomic E-state index is 0.00378. The number of hydrogen-bond acceptors (Lipinski definition) is 7. The van der Waals surface area contributed by atoms with Crippen LogP contribution in [-0.4, -0.2) is 28.8 Å². The highest BCUT2D eigenvalue weighted by atomic mass is 32.2. The van der Waals surface area contributed by atoms with E-state index in [1.807, 2.05) is 78.9 Å². The van der Waals surface area contributed by atoms with Crippen LogP contribution in [0.4, 0.5) is 11.4 Å². The number of nitrogen functional groups attached to an aromatic ring is 1. The van der Waals surface area contributed by atoms with E-state index >= 15 is 0 Å². The minimum Gasteiger partial charge on any atom is -0.397 e. The molecule has 9 heteroatoms. The molecule has 5 aromatic carbocycles. The summed E-state index contributed by atoms with van der Waals surface area (Å²) in [5.41, 5.74) is 13.0. The topological polar surface area (TPSA) is 123 Å². The van der Waals surface area contributed by atoms with Crippen LogP contribution in [0, 0.1) is 0 Å². The Bertz CT molecular complexity index is 1940. The van der Waals surface area contributed by atoms with E-state index in [1.54, 1.807) is 23.9 Å². The van der Waals surface area contributed by atoms with Crippen molar-refractivity contribution in [2.75, 3.05) is 16.8 Å². The van der Waals surface area contributed by atoms with Gasteiger partial charge in [-0.3, -0.25) is 9.59 Å². The van der Waals surface area contributed by atoms with Gasteiger partial charge in [-0.1, -0.05) is 97.4 Å². The Morgan fingerprint density at radius 3 is 2.21 bits per heavy atom. The Balaban J connectivity index is 1.02. The molecular weight excluding hydrogens is 683 g/mol. The number of thioether (sulfide) groups is 1. The van der Waals surface area contributed by atoms with Gasteiger partial charge < -0.3 is 30.9 Å². The number of carbonyl (C=O) groups excluding carboxylic acids is 2. The summed E-state index contributed by atoms with van der Waals surface area (Å²) < 4.78 is 13.2. The molecule has 0 bridgehead atoms. The van der Waals surface area contributed by atoms with Crippen LogP contribution < -0.4 is 16.4 Å². The van der Waals surface area contributed by atoms with Crippen LogP contribution >= 0.6 is 11.8 Å². The van der Waals surface area contributed by atoms with Crippen molar-refractivity contribution < 1.29 is 24.2 Å². The van der Waals surface area contributed by atoms with Gasteiger partial charge in [0.1, 0.15) is 0 Å². The zero-order chi connectivity index (χ0) is 36.8. The van der Waals surface area contributed by atoms with Crippen molar-refractivity contribution in [1.82, 2.24) is 5.32 Å². The maximum atomic E-state index is 12.6. The van der Waals surface area contributed by atoms with Gasteiger partial charge in [0.15, 0.2) is 6.29 Å². The van der Waals surface area contributed by atoms with Crippen molar-refractivity contribution in [1.29, 1.82) is 0 Å². The fraction of sp³-hybridized carbons (Fsp3) is 0.273. The lowest BCUT2D eigenvalue weighted by Gasteiger charge is -2.36. The maximum absolute atomic E-state index is 12.6. The first-order valence-electron chi connectivity index (χ1n) is 18.2. The second-order valence-corrected chi connectivity index (χ2v) is 14.4. The normalized spacial score (nSPS) is 16.9. The largest absolute Gasteiger partial charge is 0.397 e. The van der Waals surface area contributed by atoms with Gasteiger partial charge in [0.2, 0.25) is 11.8 Å². The van der Waals surface area contributed by atoms with Crippen LogP contribution in [0.15, 0.2) is 132 Å². The van der Waals surface area contributed by atoms with Crippen LogP contribution in [-0.2, 0) is 32.2 Å². The number of nitrogens with one attached hydrogen (secondary N) is 2. The third-order valence-corrected chi connectivity index (χ3v) is 10.4. The molecule has 3 unspecified atom stereocenters. The summed E-state index contributed by atoms with van der Waals surface area (Å²) in [7, 11) is 0. The lowest BCUT2D eigenvalue weighted by atomic mass is 9.99. The maximum Gasteiger partial charge on any atom is 0.224 e. The summed E-state index contributed by atoms with van der Waals surface area (Å²) in [5, 5.41) is 15.4.